The van der Waals surface area contributed by atoms with Crippen molar-refractivity contribution in [3.63, 3.8) is 0 Å². The van der Waals surface area contributed by atoms with Crippen molar-refractivity contribution in [1.29, 1.82) is 5.26 Å². The summed E-state index contributed by atoms with van der Waals surface area (Å²) in [5, 5.41) is 8.55. The summed E-state index contributed by atoms with van der Waals surface area (Å²) in [5.41, 5.74) is 1.64. The van der Waals surface area contributed by atoms with E-state index < -0.39 is 0 Å². The smallest absolute Gasteiger partial charge is 0.159 e. The summed E-state index contributed by atoms with van der Waals surface area (Å²) in [4.78, 5) is 13.4. The van der Waals surface area contributed by atoms with Crippen molar-refractivity contribution in [2.75, 3.05) is 20.7 Å². The number of benzene rings is 1. The molecule has 0 amide bonds. The Kier molecular flexibility index (Phi) is 5.34. The van der Waals surface area contributed by atoms with E-state index in [0.29, 0.717) is 25.1 Å². The SMILES string of the molecule is COc1ccc(C(C)=O)cc1CN(C)CCC#N. The molecule has 0 aliphatic carbocycles. The Morgan fingerprint density at radius 1 is 1.50 bits per heavy atom. The fraction of sp³-hybridized carbons (Fsp3) is 0.429. The van der Waals surface area contributed by atoms with E-state index in [1.54, 1.807) is 20.1 Å². The highest BCUT2D eigenvalue weighted by molar-refractivity contribution is 5.94. The molecule has 0 unspecified atom stereocenters. The highest BCUT2D eigenvalue weighted by Gasteiger charge is 2.09. The van der Waals surface area contributed by atoms with Crippen LogP contribution in [0.1, 0.15) is 29.3 Å². The van der Waals surface area contributed by atoms with Gasteiger partial charge < -0.3 is 9.64 Å². The number of methoxy groups -OCH3 is 1. The Labute approximate surface area is 108 Å². The summed E-state index contributed by atoms with van der Waals surface area (Å²) in [6.45, 7) is 2.90. The van der Waals surface area contributed by atoms with Crippen molar-refractivity contribution in [3.05, 3.63) is 29.3 Å². The predicted octanol–water partition coefficient (Wildman–Crippen LogP) is 2.24. The van der Waals surface area contributed by atoms with Gasteiger partial charge >= 0.3 is 0 Å². The number of Topliss-reactive ketones (excluding diaryl/α,β-unsaturated/α-hetero) is 1. The first kappa shape index (κ1) is 14.2. The molecular formula is C14H18N2O2. The lowest BCUT2D eigenvalue weighted by Gasteiger charge is -2.17. The fourth-order valence-corrected chi connectivity index (χ4v) is 1.73. The van der Waals surface area contributed by atoms with Crippen LogP contribution in [0, 0.1) is 11.3 Å². The second kappa shape index (κ2) is 6.77. The third-order valence-electron chi connectivity index (χ3n) is 2.73. The van der Waals surface area contributed by atoms with Gasteiger partial charge in [0.25, 0.3) is 0 Å². The number of hydrogen-bond donors (Lipinski definition) is 0. The van der Waals surface area contributed by atoms with Gasteiger partial charge in [0.15, 0.2) is 5.78 Å². The van der Waals surface area contributed by atoms with E-state index in [-0.39, 0.29) is 5.78 Å². The molecule has 0 saturated carbocycles. The average molecular weight is 246 g/mol. The second-order valence-corrected chi connectivity index (χ2v) is 4.23. The Balaban J connectivity index is 2.88. The zero-order valence-electron chi connectivity index (χ0n) is 11.1. The first-order valence-electron chi connectivity index (χ1n) is 5.81. The predicted molar refractivity (Wildman–Crippen MR) is 69.6 cm³/mol. The molecule has 0 aliphatic rings. The van der Waals surface area contributed by atoms with Crippen molar-refractivity contribution < 1.29 is 9.53 Å². The molecule has 0 bridgehead atoms. The molecule has 0 aromatic heterocycles. The lowest BCUT2D eigenvalue weighted by Crippen LogP contribution is -2.19. The van der Waals surface area contributed by atoms with Crippen molar-refractivity contribution >= 4 is 5.78 Å². The van der Waals surface area contributed by atoms with E-state index in [9.17, 15) is 4.79 Å². The van der Waals surface area contributed by atoms with Crippen molar-refractivity contribution in [1.82, 2.24) is 4.90 Å². The maximum atomic E-state index is 11.4. The number of rotatable bonds is 6. The summed E-state index contributed by atoms with van der Waals surface area (Å²) < 4.78 is 5.28. The van der Waals surface area contributed by atoms with Crippen molar-refractivity contribution in [2.45, 2.75) is 19.9 Å². The van der Waals surface area contributed by atoms with Gasteiger partial charge in [-0.05, 0) is 32.2 Å². The second-order valence-electron chi connectivity index (χ2n) is 4.23. The molecule has 96 valence electrons. The van der Waals surface area contributed by atoms with E-state index >= 15 is 0 Å². The number of nitrogens with zero attached hydrogens (tertiary/aromatic N) is 2. The minimum Gasteiger partial charge on any atom is -0.496 e. The number of ketones is 1. The molecule has 18 heavy (non-hydrogen) atoms. The molecule has 0 aliphatic heterocycles. The minimum absolute atomic E-state index is 0.0404. The molecule has 1 aromatic rings. The largest absolute Gasteiger partial charge is 0.496 e. The van der Waals surface area contributed by atoms with Gasteiger partial charge in [-0.25, -0.2) is 0 Å². The van der Waals surface area contributed by atoms with Crippen LogP contribution < -0.4 is 4.74 Å². The van der Waals surface area contributed by atoms with Gasteiger partial charge in [-0.3, -0.25) is 4.79 Å². The van der Waals surface area contributed by atoms with Crippen molar-refractivity contribution in [3.8, 4) is 11.8 Å². The zero-order chi connectivity index (χ0) is 13.5. The molecule has 4 nitrogen and oxygen atoms in total. The lowest BCUT2D eigenvalue weighted by molar-refractivity contribution is 0.101. The third-order valence-corrected chi connectivity index (χ3v) is 2.73. The van der Waals surface area contributed by atoms with Gasteiger partial charge in [0.2, 0.25) is 0 Å². The standard InChI is InChI=1S/C14H18N2O2/c1-11(17)12-5-6-14(18-3)13(9-12)10-16(2)8-4-7-15/h5-6,9H,4,8,10H2,1-3H3. The Morgan fingerprint density at radius 3 is 2.78 bits per heavy atom. The minimum atomic E-state index is 0.0404. The monoisotopic (exact) mass is 246 g/mol. The number of hydrogen-bond acceptors (Lipinski definition) is 4. The van der Waals surface area contributed by atoms with E-state index in [2.05, 4.69) is 6.07 Å². The number of carbonyl (C=O) groups excluding carboxylic acids is 1. The van der Waals surface area contributed by atoms with Crippen LogP contribution in [0.15, 0.2) is 18.2 Å². The first-order valence-corrected chi connectivity index (χ1v) is 5.81. The van der Waals surface area contributed by atoms with E-state index in [1.165, 1.54) is 0 Å². The van der Waals surface area contributed by atoms with Gasteiger partial charge in [0, 0.05) is 30.6 Å². The van der Waals surface area contributed by atoms with Crippen LogP contribution in [-0.4, -0.2) is 31.4 Å². The molecule has 0 atom stereocenters. The van der Waals surface area contributed by atoms with Gasteiger partial charge in [0.1, 0.15) is 5.75 Å². The summed E-state index contributed by atoms with van der Waals surface area (Å²) in [5.74, 6) is 0.808. The van der Waals surface area contributed by atoms with Gasteiger partial charge in [0.05, 0.1) is 13.2 Å². The molecule has 1 aromatic carbocycles. The molecule has 0 heterocycles. The van der Waals surface area contributed by atoms with Crippen LogP contribution >= 0.6 is 0 Å². The summed E-state index contributed by atoms with van der Waals surface area (Å²) >= 11 is 0. The van der Waals surface area contributed by atoms with Gasteiger partial charge in [-0.15, -0.1) is 0 Å². The van der Waals surface area contributed by atoms with Crippen LogP contribution in [0.2, 0.25) is 0 Å². The topological polar surface area (TPSA) is 53.3 Å². The van der Waals surface area contributed by atoms with Crippen LogP contribution in [0.4, 0.5) is 0 Å². The molecule has 0 radical (unpaired) electrons. The zero-order valence-corrected chi connectivity index (χ0v) is 11.1. The van der Waals surface area contributed by atoms with E-state index in [1.807, 2.05) is 24.1 Å². The lowest BCUT2D eigenvalue weighted by atomic mass is 10.1. The van der Waals surface area contributed by atoms with Gasteiger partial charge in [-0.2, -0.15) is 5.26 Å². The first-order chi connectivity index (χ1) is 8.58. The molecule has 0 fully saturated rings. The Morgan fingerprint density at radius 2 is 2.22 bits per heavy atom. The summed E-state index contributed by atoms with van der Waals surface area (Å²) in [7, 11) is 3.55. The number of ether oxygens (including phenoxy) is 1. The maximum absolute atomic E-state index is 11.4. The fourth-order valence-electron chi connectivity index (χ4n) is 1.73. The quantitative estimate of drug-likeness (QED) is 0.722. The normalized spacial score (nSPS) is 10.2. The highest BCUT2D eigenvalue weighted by Crippen LogP contribution is 2.21. The summed E-state index contributed by atoms with van der Waals surface area (Å²) in [6, 6.07) is 7.54. The summed E-state index contributed by atoms with van der Waals surface area (Å²) in [6.07, 6.45) is 0.491. The van der Waals surface area contributed by atoms with Crippen LogP contribution in [0.25, 0.3) is 0 Å². The van der Waals surface area contributed by atoms with Crippen LogP contribution in [-0.2, 0) is 6.54 Å². The van der Waals surface area contributed by atoms with E-state index in [0.717, 1.165) is 11.3 Å². The Bertz CT molecular complexity index is 463. The highest BCUT2D eigenvalue weighted by atomic mass is 16.5. The number of carbonyl (C=O) groups is 1. The van der Waals surface area contributed by atoms with Crippen molar-refractivity contribution in [2.24, 2.45) is 0 Å². The Hall–Kier alpha value is -1.86. The molecule has 0 saturated heterocycles. The maximum Gasteiger partial charge on any atom is 0.159 e. The molecule has 0 spiro atoms. The average Bonchev–Trinajstić information content (AvgIpc) is 2.36. The molecule has 1 rings (SSSR count). The molecule has 0 N–H and O–H groups in total. The third kappa shape index (κ3) is 3.86. The number of nitriles is 1. The van der Waals surface area contributed by atoms with Gasteiger partial charge in [-0.1, -0.05) is 0 Å². The van der Waals surface area contributed by atoms with Crippen LogP contribution in [0.3, 0.4) is 0 Å². The van der Waals surface area contributed by atoms with Crippen LogP contribution in [0.5, 0.6) is 5.75 Å². The molecular weight excluding hydrogens is 228 g/mol. The van der Waals surface area contributed by atoms with E-state index in [4.69, 9.17) is 10.00 Å². The molecule has 4 heteroatoms.